The molecule has 0 spiro atoms. The fraction of sp³-hybridized carbons (Fsp3) is 0.462. The number of benzene rings is 1. The van der Waals surface area contributed by atoms with Gasteiger partial charge in [0.15, 0.2) is 5.84 Å². The Balaban J connectivity index is 3.21. The molecule has 1 rings (SSSR count). The first-order valence-electron chi connectivity index (χ1n) is 5.74. The van der Waals surface area contributed by atoms with E-state index in [1.165, 1.54) is 0 Å². The van der Waals surface area contributed by atoms with Gasteiger partial charge in [0.2, 0.25) is 0 Å². The summed E-state index contributed by atoms with van der Waals surface area (Å²) in [7, 11) is 1.65. The van der Waals surface area contributed by atoms with Crippen LogP contribution in [-0.4, -0.2) is 12.9 Å². The van der Waals surface area contributed by atoms with Crippen LogP contribution in [0.2, 0.25) is 0 Å². The summed E-state index contributed by atoms with van der Waals surface area (Å²) in [5, 5.41) is 6.80. The third kappa shape index (κ3) is 3.55. The van der Waals surface area contributed by atoms with Gasteiger partial charge in [-0.15, -0.1) is 5.11 Å². The van der Waals surface area contributed by atoms with Gasteiger partial charge < -0.3 is 10.6 Å². The normalized spacial score (nSPS) is 12.3. The van der Waals surface area contributed by atoms with Crippen molar-refractivity contribution in [3.8, 4) is 5.75 Å². The van der Waals surface area contributed by atoms with Crippen LogP contribution < -0.4 is 10.6 Å². The van der Waals surface area contributed by atoms with Crippen molar-refractivity contribution in [2.45, 2.75) is 27.2 Å². The highest BCUT2D eigenvalue weighted by atomic mass is 16.5. The quantitative estimate of drug-likeness (QED) is 0.283. The van der Waals surface area contributed by atoms with Gasteiger partial charge in [-0.1, -0.05) is 20.8 Å². The Hall–Kier alpha value is -1.91. The summed E-state index contributed by atoms with van der Waals surface area (Å²) in [6.07, 6.45) is 0.861. The van der Waals surface area contributed by atoms with E-state index < -0.39 is 0 Å². The molecule has 0 saturated carbocycles. The molecule has 0 aliphatic rings. The molecule has 5 heteroatoms. The lowest BCUT2D eigenvalue weighted by atomic mass is 9.87. The van der Waals surface area contributed by atoms with Crippen LogP contribution in [0.5, 0.6) is 5.75 Å². The number of ether oxygens (including phenoxy) is 1. The molecule has 18 heavy (non-hydrogen) atoms. The van der Waals surface area contributed by atoms with Crippen molar-refractivity contribution in [1.82, 2.24) is 0 Å². The summed E-state index contributed by atoms with van der Waals surface area (Å²) in [4.78, 5) is 0. The van der Waals surface area contributed by atoms with Crippen molar-refractivity contribution in [2.75, 3.05) is 7.11 Å². The molecular formula is C13H20N4O. The molecular weight excluding hydrogens is 228 g/mol. The molecule has 0 heterocycles. The summed E-state index contributed by atoms with van der Waals surface area (Å²) in [6, 6.07) is 5.58. The van der Waals surface area contributed by atoms with Crippen molar-refractivity contribution in [3.63, 3.8) is 0 Å². The third-order valence-electron chi connectivity index (χ3n) is 2.49. The van der Waals surface area contributed by atoms with Gasteiger partial charge in [0.1, 0.15) is 5.75 Å². The molecule has 1 aromatic rings. The number of hydrogen-bond acceptors (Lipinski definition) is 4. The Morgan fingerprint density at radius 3 is 2.50 bits per heavy atom. The van der Waals surface area contributed by atoms with Crippen LogP contribution in [0.25, 0.3) is 0 Å². The summed E-state index contributed by atoms with van der Waals surface area (Å²) in [5.74, 6) is 6.25. The van der Waals surface area contributed by atoms with Crippen molar-refractivity contribution < 1.29 is 4.74 Å². The van der Waals surface area contributed by atoms with E-state index >= 15 is 0 Å². The molecule has 0 saturated heterocycles. The van der Waals surface area contributed by atoms with E-state index in [2.05, 4.69) is 31.0 Å². The van der Waals surface area contributed by atoms with Gasteiger partial charge in [-0.05, 0) is 35.6 Å². The first-order chi connectivity index (χ1) is 8.41. The van der Waals surface area contributed by atoms with Gasteiger partial charge in [-0.2, -0.15) is 5.10 Å². The molecule has 0 aliphatic carbocycles. The van der Waals surface area contributed by atoms with Crippen LogP contribution in [0.4, 0.5) is 0 Å². The largest absolute Gasteiger partial charge is 0.496 e. The SMILES string of the molecule is COc1ccc(C(N=N)=NN)cc1CC(C)(C)C. The average Bonchev–Trinajstić information content (AvgIpc) is 2.29. The van der Waals surface area contributed by atoms with Crippen LogP contribution >= 0.6 is 0 Å². The number of rotatable bonds is 3. The maximum atomic E-state index is 7.03. The van der Waals surface area contributed by atoms with Gasteiger partial charge in [0.25, 0.3) is 0 Å². The minimum Gasteiger partial charge on any atom is -0.496 e. The van der Waals surface area contributed by atoms with Crippen molar-refractivity contribution in [2.24, 2.45) is 21.5 Å². The molecule has 3 N–H and O–H groups in total. The number of nitrogens with one attached hydrogen (secondary N) is 1. The highest BCUT2D eigenvalue weighted by Gasteiger charge is 2.16. The number of nitrogens with zero attached hydrogens (tertiary/aromatic N) is 2. The lowest BCUT2D eigenvalue weighted by Gasteiger charge is -2.20. The number of amidine groups is 1. The number of methoxy groups -OCH3 is 1. The fourth-order valence-corrected chi connectivity index (χ4v) is 1.80. The second kappa shape index (κ2) is 5.62. The number of hydrazone groups is 1. The first kappa shape index (κ1) is 14.2. The standard InChI is InChI=1S/C13H20N4O/c1-13(2,3)8-10-7-9(12(16-14)17-15)5-6-11(10)18-4/h5-7,14H,8,15H2,1-4H3. The second-order valence-corrected chi connectivity index (χ2v) is 5.33. The first-order valence-corrected chi connectivity index (χ1v) is 5.74. The summed E-state index contributed by atoms with van der Waals surface area (Å²) in [6.45, 7) is 6.48. The van der Waals surface area contributed by atoms with Gasteiger partial charge in [0, 0.05) is 5.56 Å². The van der Waals surface area contributed by atoms with Crippen LogP contribution in [0.1, 0.15) is 31.9 Å². The van der Waals surface area contributed by atoms with Crippen molar-refractivity contribution >= 4 is 5.84 Å². The number of nitrogens with two attached hydrogens (primary N) is 1. The highest BCUT2D eigenvalue weighted by molar-refractivity contribution is 5.99. The van der Waals surface area contributed by atoms with E-state index in [1.54, 1.807) is 13.2 Å². The highest BCUT2D eigenvalue weighted by Crippen LogP contribution is 2.28. The summed E-state index contributed by atoms with van der Waals surface area (Å²) < 4.78 is 5.34. The van der Waals surface area contributed by atoms with E-state index in [4.69, 9.17) is 16.1 Å². The van der Waals surface area contributed by atoms with Crippen molar-refractivity contribution in [3.05, 3.63) is 29.3 Å². The Labute approximate surface area is 108 Å². The van der Waals surface area contributed by atoms with E-state index in [1.807, 2.05) is 12.1 Å². The molecule has 0 unspecified atom stereocenters. The maximum absolute atomic E-state index is 7.03. The maximum Gasteiger partial charge on any atom is 0.199 e. The van der Waals surface area contributed by atoms with Crippen LogP contribution in [-0.2, 0) is 6.42 Å². The molecule has 0 radical (unpaired) electrons. The van der Waals surface area contributed by atoms with Crippen LogP contribution in [0.3, 0.4) is 0 Å². The molecule has 1 aromatic carbocycles. The Kier molecular flexibility index (Phi) is 4.42. The molecule has 0 bridgehead atoms. The van der Waals surface area contributed by atoms with Gasteiger partial charge in [0.05, 0.1) is 7.11 Å². The minimum absolute atomic E-state index is 0.143. The minimum atomic E-state index is 0.143. The molecule has 98 valence electrons. The summed E-state index contributed by atoms with van der Waals surface area (Å²) >= 11 is 0. The molecule has 0 aromatic heterocycles. The zero-order valence-corrected chi connectivity index (χ0v) is 11.3. The van der Waals surface area contributed by atoms with Crippen LogP contribution in [0.15, 0.2) is 28.4 Å². The van der Waals surface area contributed by atoms with Gasteiger partial charge >= 0.3 is 0 Å². The second-order valence-electron chi connectivity index (χ2n) is 5.33. The van der Waals surface area contributed by atoms with Gasteiger partial charge in [-0.25, -0.2) is 5.53 Å². The predicted octanol–water partition coefficient (Wildman–Crippen LogP) is 2.94. The third-order valence-corrected chi connectivity index (χ3v) is 2.49. The average molecular weight is 248 g/mol. The molecule has 5 nitrogen and oxygen atoms in total. The smallest absolute Gasteiger partial charge is 0.199 e. The van der Waals surface area contributed by atoms with Gasteiger partial charge in [-0.3, -0.25) is 0 Å². The number of hydrogen-bond donors (Lipinski definition) is 2. The van der Waals surface area contributed by atoms with E-state index in [0.717, 1.165) is 23.3 Å². The zero-order chi connectivity index (χ0) is 13.8. The summed E-state index contributed by atoms with van der Waals surface area (Å²) in [5.41, 5.74) is 8.96. The Bertz CT molecular complexity index is 461. The van der Waals surface area contributed by atoms with Crippen LogP contribution in [0, 0.1) is 10.9 Å². The molecule has 0 aliphatic heterocycles. The van der Waals surface area contributed by atoms with E-state index in [0.29, 0.717) is 0 Å². The molecule has 0 fully saturated rings. The molecule has 0 amide bonds. The van der Waals surface area contributed by atoms with Crippen molar-refractivity contribution in [1.29, 1.82) is 5.53 Å². The fourth-order valence-electron chi connectivity index (χ4n) is 1.80. The molecule has 0 atom stereocenters. The lowest BCUT2D eigenvalue weighted by molar-refractivity contribution is 0.379. The predicted molar refractivity (Wildman–Crippen MR) is 72.0 cm³/mol. The zero-order valence-electron chi connectivity index (χ0n) is 11.3. The monoisotopic (exact) mass is 248 g/mol. The lowest BCUT2D eigenvalue weighted by Crippen LogP contribution is -2.11. The van der Waals surface area contributed by atoms with E-state index in [-0.39, 0.29) is 11.3 Å². The van der Waals surface area contributed by atoms with E-state index in [9.17, 15) is 0 Å². The topological polar surface area (TPSA) is 83.8 Å². The Morgan fingerprint density at radius 2 is 2.06 bits per heavy atom. The Morgan fingerprint density at radius 1 is 1.39 bits per heavy atom.